The molecule has 7 heteroatoms. The highest BCUT2D eigenvalue weighted by atomic mass is 32.2. The van der Waals surface area contributed by atoms with Crippen LogP contribution in [0.3, 0.4) is 0 Å². The zero-order chi connectivity index (χ0) is 19.4. The number of hydrogen-bond acceptors (Lipinski definition) is 5. The number of furan rings is 1. The van der Waals surface area contributed by atoms with Gasteiger partial charge in [0.05, 0.1) is 16.8 Å². The van der Waals surface area contributed by atoms with Crippen LogP contribution in [0, 0.1) is 6.92 Å². The molecule has 2 N–H and O–H groups in total. The number of anilines is 1. The van der Waals surface area contributed by atoms with Gasteiger partial charge in [-0.3, -0.25) is 5.01 Å². The third kappa shape index (κ3) is 4.64. The molecule has 1 aromatic heterocycles. The summed E-state index contributed by atoms with van der Waals surface area (Å²) in [7, 11) is -3.70. The molecule has 0 amide bonds. The highest BCUT2D eigenvalue weighted by molar-refractivity contribution is 7.89. The minimum Gasteiger partial charge on any atom is -0.455 e. The molecule has 27 heavy (non-hydrogen) atoms. The van der Waals surface area contributed by atoms with Crippen LogP contribution in [0.4, 0.5) is 5.69 Å². The second-order valence-corrected chi connectivity index (χ2v) is 7.63. The van der Waals surface area contributed by atoms with Crippen molar-refractivity contribution in [2.24, 2.45) is 10.2 Å². The summed E-state index contributed by atoms with van der Waals surface area (Å²) in [6.45, 7) is 4.79. The van der Waals surface area contributed by atoms with Crippen LogP contribution in [0.15, 0.2) is 75.1 Å². The van der Waals surface area contributed by atoms with Crippen LogP contribution >= 0.6 is 0 Å². The van der Waals surface area contributed by atoms with Gasteiger partial charge in [-0.25, -0.2) is 13.6 Å². The summed E-state index contributed by atoms with van der Waals surface area (Å²) in [5.74, 6) is 1.22. The summed E-state index contributed by atoms with van der Waals surface area (Å²) >= 11 is 0. The van der Waals surface area contributed by atoms with Crippen molar-refractivity contribution in [2.45, 2.75) is 18.7 Å². The Morgan fingerprint density at radius 3 is 2.30 bits per heavy atom. The first kappa shape index (κ1) is 18.9. The van der Waals surface area contributed by atoms with Gasteiger partial charge >= 0.3 is 0 Å². The average Bonchev–Trinajstić information content (AvgIpc) is 3.12. The van der Waals surface area contributed by atoms with Crippen LogP contribution in [0.2, 0.25) is 0 Å². The fourth-order valence-electron chi connectivity index (χ4n) is 2.56. The molecule has 0 spiro atoms. The quantitative estimate of drug-likeness (QED) is 0.518. The van der Waals surface area contributed by atoms with E-state index in [4.69, 9.17) is 9.56 Å². The number of nitrogens with two attached hydrogens (primary N) is 1. The van der Waals surface area contributed by atoms with Crippen LogP contribution in [0.5, 0.6) is 0 Å². The Morgan fingerprint density at radius 2 is 1.70 bits per heavy atom. The van der Waals surface area contributed by atoms with E-state index in [9.17, 15) is 8.42 Å². The summed E-state index contributed by atoms with van der Waals surface area (Å²) in [4.78, 5) is 0.0660. The van der Waals surface area contributed by atoms with Crippen molar-refractivity contribution < 1.29 is 12.8 Å². The Labute approximate surface area is 159 Å². The Hall–Kier alpha value is -2.90. The predicted octanol–water partition coefficient (Wildman–Crippen LogP) is 3.76. The molecule has 2 aromatic carbocycles. The number of sulfonamides is 1. The maximum Gasteiger partial charge on any atom is 0.238 e. The average molecular weight is 383 g/mol. The summed E-state index contributed by atoms with van der Waals surface area (Å²) in [5, 5.41) is 11.5. The van der Waals surface area contributed by atoms with E-state index in [1.54, 1.807) is 18.3 Å². The maximum absolute atomic E-state index is 11.3. The second kappa shape index (κ2) is 7.77. The lowest BCUT2D eigenvalue weighted by atomic mass is 10.2. The first-order valence-electron chi connectivity index (χ1n) is 8.48. The van der Waals surface area contributed by atoms with Crippen LogP contribution in [0.1, 0.15) is 18.2 Å². The van der Waals surface area contributed by atoms with Gasteiger partial charge in [0.25, 0.3) is 0 Å². The van der Waals surface area contributed by atoms with Crippen molar-refractivity contribution in [2.75, 3.05) is 11.6 Å². The van der Waals surface area contributed by atoms with Gasteiger partial charge in [-0.05, 0) is 62.4 Å². The molecular formula is C20H21N3O3S. The molecule has 0 aliphatic rings. The molecule has 0 unspecified atom stereocenters. The number of rotatable bonds is 6. The standard InChI is InChI=1S/C20H21N3O3S/c1-3-23(17-8-4-15(2)5-9-17)22-14-18-10-13-20(26-18)16-6-11-19(12-7-16)27(21,24)25/h4-14H,3H2,1-2H3,(H2,21,24,25)/b22-14-. The molecule has 0 aliphatic heterocycles. The van der Waals surface area contributed by atoms with E-state index in [2.05, 4.69) is 5.10 Å². The predicted molar refractivity (Wildman–Crippen MR) is 107 cm³/mol. The van der Waals surface area contributed by atoms with Gasteiger partial charge in [-0.2, -0.15) is 5.10 Å². The molecule has 0 radical (unpaired) electrons. The van der Waals surface area contributed by atoms with Crippen molar-refractivity contribution in [1.29, 1.82) is 0 Å². The minimum absolute atomic E-state index is 0.0660. The molecular weight excluding hydrogens is 362 g/mol. The molecule has 6 nitrogen and oxygen atoms in total. The van der Waals surface area contributed by atoms with E-state index in [0.717, 1.165) is 17.8 Å². The van der Waals surface area contributed by atoms with Crippen LogP contribution in [-0.4, -0.2) is 21.2 Å². The van der Waals surface area contributed by atoms with Gasteiger partial charge in [0.15, 0.2) is 0 Å². The van der Waals surface area contributed by atoms with Gasteiger partial charge < -0.3 is 4.42 Å². The summed E-state index contributed by atoms with van der Waals surface area (Å²) in [5.41, 5.74) is 2.96. The number of aryl methyl sites for hydroxylation is 1. The highest BCUT2D eigenvalue weighted by Crippen LogP contribution is 2.23. The SMILES string of the molecule is CCN(/N=C\c1ccc(-c2ccc(S(N)(=O)=O)cc2)o1)c1ccc(C)cc1. The number of primary sulfonamides is 1. The summed E-state index contributed by atoms with van der Waals surface area (Å²) < 4.78 is 28.4. The van der Waals surface area contributed by atoms with E-state index >= 15 is 0 Å². The van der Waals surface area contributed by atoms with Gasteiger partial charge in [0, 0.05) is 12.1 Å². The zero-order valence-electron chi connectivity index (χ0n) is 15.2. The first-order valence-corrected chi connectivity index (χ1v) is 10.0. The topological polar surface area (TPSA) is 88.9 Å². The second-order valence-electron chi connectivity index (χ2n) is 6.07. The van der Waals surface area contributed by atoms with Crippen molar-refractivity contribution in [1.82, 2.24) is 0 Å². The highest BCUT2D eigenvalue weighted by Gasteiger charge is 2.09. The Balaban J connectivity index is 1.77. The lowest BCUT2D eigenvalue weighted by Crippen LogP contribution is -2.15. The largest absolute Gasteiger partial charge is 0.455 e. The molecule has 0 saturated heterocycles. The van der Waals surface area contributed by atoms with E-state index in [1.807, 2.05) is 55.3 Å². The molecule has 0 fully saturated rings. The normalized spacial score (nSPS) is 11.8. The number of hydrogen-bond donors (Lipinski definition) is 1. The van der Waals surface area contributed by atoms with E-state index < -0.39 is 10.0 Å². The van der Waals surface area contributed by atoms with Gasteiger partial charge in [0.1, 0.15) is 11.5 Å². The third-order valence-electron chi connectivity index (χ3n) is 4.05. The number of benzene rings is 2. The molecule has 1 heterocycles. The van der Waals surface area contributed by atoms with Crippen LogP contribution in [0.25, 0.3) is 11.3 Å². The molecule has 3 rings (SSSR count). The third-order valence-corrected chi connectivity index (χ3v) is 4.98. The van der Waals surface area contributed by atoms with Gasteiger partial charge in [-0.1, -0.05) is 17.7 Å². The first-order chi connectivity index (χ1) is 12.9. The van der Waals surface area contributed by atoms with Gasteiger partial charge in [0.2, 0.25) is 10.0 Å². The summed E-state index contributed by atoms with van der Waals surface area (Å²) in [6.07, 6.45) is 1.66. The van der Waals surface area contributed by atoms with Crippen molar-refractivity contribution >= 4 is 21.9 Å². The van der Waals surface area contributed by atoms with Crippen LogP contribution < -0.4 is 10.1 Å². The lowest BCUT2D eigenvalue weighted by Gasteiger charge is -2.16. The monoisotopic (exact) mass is 383 g/mol. The van der Waals surface area contributed by atoms with Crippen molar-refractivity contribution in [3.63, 3.8) is 0 Å². The fourth-order valence-corrected chi connectivity index (χ4v) is 3.08. The van der Waals surface area contributed by atoms with E-state index in [-0.39, 0.29) is 4.90 Å². The minimum atomic E-state index is -3.70. The Bertz CT molecular complexity index is 1040. The van der Waals surface area contributed by atoms with Gasteiger partial charge in [-0.15, -0.1) is 0 Å². The molecule has 0 aliphatic carbocycles. The van der Waals surface area contributed by atoms with Crippen LogP contribution in [-0.2, 0) is 10.0 Å². The molecule has 3 aromatic rings. The molecule has 0 saturated carbocycles. The van der Waals surface area contributed by atoms with Crippen molar-refractivity contribution in [3.05, 3.63) is 72.0 Å². The Kier molecular flexibility index (Phi) is 5.43. The number of nitrogens with zero attached hydrogens (tertiary/aromatic N) is 2. The molecule has 0 bridgehead atoms. The Morgan fingerprint density at radius 1 is 1.04 bits per heavy atom. The fraction of sp³-hybridized carbons (Fsp3) is 0.150. The molecule has 140 valence electrons. The smallest absolute Gasteiger partial charge is 0.238 e. The number of hydrazone groups is 1. The van der Waals surface area contributed by atoms with E-state index in [1.165, 1.54) is 17.7 Å². The molecule has 0 atom stereocenters. The lowest BCUT2D eigenvalue weighted by molar-refractivity contribution is 0.574. The zero-order valence-corrected chi connectivity index (χ0v) is 16.0. The maximum atomic E-state index is 11.3. The summed E-state index contributed by atoms with van der Waals surface area (Å²) in [6, 6.07) is 18.0. The van der Waals surface area contributed by atoms with E-state index in [0.29, 0.717) is 11.5 Å². The van der Waals surface area contributed by atoms with Crippen molar-refractivity contribution in [3.8, 4) is 11.3 Å².